The van der Waals surface area contributed by atoms with Gasteiger partial charge in [0.25, 0.3) is 0 Å². The smallest absolute Gasteiger partial charge is 0.0421 e. The van der Waals surface area contributed by atoms with Crippen LogP contribution in [0.25, 0.3) is 0 Å². The third kappa shape index (κ3) is 3.89. The molecular weight excluding hydrogens is 252 g/mol. The van der Waals surface area contributed by atoms with Crippen LogP contribution < -0.4 is 5.32 Å². The predicted octanol–water partition coefficient (Wildman–Crippen LogP) is 3.62. The molecule has 0 spiro atoms. The molecule has 1 N–H and O–H groups in total. The van der Waals surface area contributed by atoms with Gasteiger partial charge in [0.2, 0.25) is 0 Å². The van der Waals surface area contributed by atoms with E-state index in [2.05, 4.69) is 22.0 Å². The van der Waals surface area contributed by atoms with Gasteiger partial charge in [-0.05, 0) is 25.7 Å². The van der Waals surface area contributed by atoms with Crippen LogP contribution in [-0.4, -0.2) is 41.2 Å². The zero-order chi connectivity index (χ0) is 12.9. The summed E-state index contributed by atoms with van der Waals surface area (Å²) in [5.41, 5.74) is 0. The first-order valence-electron chi connectivity index (χ1n) is 8.50. The van der Waals surface area contributed by atoms with Gasteiger partial charge < -0.3 is 5.32 Å². The summed E-state index contributed by atoms with van der Waals surface area (Å²) < 4.78 is 0. The lowest BCUT2D eigenvalue weighted by molar-refractivity contribution is 0.0740. The maximum absolute atomic E-state index is 3.69. The molecule has 0 aromatic heterocycles. The molecule has 0 bridgehead atoms. The van der Waals surface area contributed by atoms with Crippen LogP contribution in [0.5, 0.6) is 0 Å². The quantitative estimate of drug-likeness (QED) is 0.848. The Balaban J connectivity index is 1.62. The van der Waals surface area contributed by atoms with Gasteiger partial charge in [-0.15, -0.1) is 11.8 Å². The number of thioether (sulfide) groups is 1. The van der Waals surface area contributed by atoms with Crippen molar-refractivity contribution >= 4 is 11.8 Å². The second-order valence-corrected chi connectivity index (χ2v) is 7.73. The van der Waals surface area contributed by atoms with Crippen LogP contribution in [-0.2, 0) is 0 Å². The monoisotopic (exact) mass is 282 g/mol. The molecule has 110 valence electrons. The molecule has 3 heteroatoms. The largest absolute Gasteiger partial charge is 0.303 e. The van der Waals surface area contributed by atoms with Gasteiger partial charge in [-0.2, -0.15) is 0 Å². The first-order chi connectivity index (χ1) is 9.43. The molecule has 1 heterocycles. The minimum Gasteiger partial charge on any atom is -0.303 e. The average molecular weight is 282 g/mol. The first kappa shape index (κ1) is 14.2. The van der Waals surface area contributed by atoms with Crippen molar-refractivity contribution < 1.29 is 0 Å². The fourth-order valence-electron chi connectivity index (χ4n) is 4.23. The van der Waals surface area contributed by atoms with Gasteiger partial charge in [0.05, 0.1) is 0 Å². The fraction of sp³-hybridized carbons (Fsp3) is 1.00. The maximum Gasteiger partial charge on any atom is 0.0421 e. The van der Waals surface area contributed by atoms with Crippen LogP contribution in [0.2, 0.25) is 0 Å². The summed E-state index contributed by atoms with van der Waals surface area (Å²) in [5.74, 6) is 2.50. The summed E-state index contributed by atoms with van der Waals surface area (Å²) in [7, 11) is 0. The Hall–Kier alpha value is 0.270. The van der Waals surface area contributed by atoms with E-state index in [9.17, 15) is 0 Å². The third-order valence-electron chi connectivity index (χ3n) is 5.31. The molecule has 1 saturated heterocycles. The third-order valence-corrected chi connectivity index (χ3v) is 6.32. The molecule has 1 atom stereocenters. The van der Waals surface area contributed by atoms with E-state index in [1.54, 1.807) is 0 Å². The van der Waals surface area contributed by atoms with E-state index in [-0.39, 0.29) is 0 Å². The summed E-state index contributed by atoms with van der Waals surface area (Å²) in [4.78, 5) is 2.95. The highest BCUT2D eigenvalue weighted by molar-refractivity contribution is 7.99. The molecule has 3 fully saturated rings. The molecule has 0 aromatic rings. The molecule has 2 nitrogen and oxygen atoms in total. The van der Waals surface area contributed by atoms with Crippen molar-refractivity contribution in [3.8, 4) is 0 Å². The zero-order valence-electron chi connectivity index (χ0n) is 12.3. The summed E-state index contributed by atoms with van der Waals surface area (Å²) in [6, 6.07) is 2.57. The summed E-state index contributed by atoms with van der Waals surface area (Å²) in [5, 5.41) is 3.69. The van der Waals surface area contributed by atoms with Crippen molar-refractivity contribution in [3.63, 3.8) is 0 Å². The van der Waals surface area contributed by atoms with E-state index in [0.29, 0.717) is 0 Å². The second-order valence-electron chi connectivity index (χ2n) is 6.70. The van der Waals surface area contributed by atoms with Gasteiger partial charge in [0.1, 0.15) is 0 Å². The standard InChI is InChI=1S/C16H30N2S/c1-3-7-15(8-4-1)18(11-14-12-19-13-17-14)16-9-5-2-6-10-16/h14-17H,1-13H2. The average Bonchev–Trinajstić information content (AvgIpc) is 3.00. The minimum atomic E-state index is 0.758. The van der Waals surface area contributed by atoms with Crippen molar-refractivity contribution in [1.29, 1.82) is 0 Å². The van der Waals surface area contributed by atoms with E-state index in [1.165, 1.54) is 82.4 Å². The van der Waals surface area contributed by atoms with Gasteiger partial charge in [0, 0.05) is 36.3 Å². The molecule has 19 heavy (non-hydrogen) atoms. The van der Waals surface area contributed by atoms with Crippen LogP contribution in [0.3, 0.4) is 0 Å². The summed E-state index contributed by atoms with van der Waals surface area (Å²) >= 11 is 2.08. The Bertz CT molecular complexity index is 235. The Morgan fingerprint density at radius 1 is 0.842 bits per heavy atom. The van der Waals surface area contributed by atoms with Crippen LogP contribution >= 0.6 is 11.8 Å². The molecule has 0 amide bonds. The molecule has 0 radical (unpaired) electrons. The molecule has 0 aromatic carbocycles. The van der Waals surface area contributed by atoms with Crippen molar-refractivity contribution in [3.05, 3.63) is 0 Å². The fourth-order valence-corrected chi connectivity index (χ4v) is 5.21. The molecule has 3 aliphatic rings. The first-order valence-corrected chi connectivity index (χ1v) is 9.66. The van der Waals surface area contributed by atoms with Gasteiger partial charge in [-0.3, -0.25) is 4.90 Å². The van der Waals surface area contributed by atoms with Crippen molar-refractivity contribution in [2.45, 2.75) is 82.3 Å². The predicted molar refractivity (Wildman–Crippen MR) is 84.7 cm³/mol. The van der Waals surface area contributed by atoms with Crippen LogP contribution in [0.15, 0.2) is 0 Å². The van der Waals surface area contributed by atoms with Crippen LogP contribution in [0.1, 0.15) is 64.2 Å². The highest BCUT2D eigenvalue weighted by Gasteiger charge is 2.31. The van der Waals surface area contributed by atoms with Crippen LogP contribution in [0.4, 0.5) is 0 Å². The highest BCUT2D eigenvalue weighted by atomic mass is 32.2. The lowest BCUT2D eigenvalue weighted by Crippen LogP contribution is -2.50. The van der Waals surface area contributed by atoms with Gasteiger partial charge in [-0.25, -0.2) is 0 Å². The molecule has 1 unspecified atom stereocenters. The number of hydrogen-bond acceptors (Lipinski definition) is 3. The topological polar surface area (TPSA) is 15.3 Å². The molecule has 3 rings (SSSR count). The van der Waals surface area contributed by atoms with E-state index in [0.717, 1.165) is 18.1 Å². The Morgan fingerprint density at radius 3 is 1.89 bits per heavy atom. The Kier molecular flexibility index (Phi) is 5.48. The SMILES string of the molecule is C1CCC(N(CC2CSCN2)C2CCCCC2)CC1. The van der Waals surface area contributed by atoms with E-state index >= 15 is 0 Å². The number of rotatable bonds is 4. The van der Waals surface area contributed by atoms with E-state index in [1.807, 2.05) is 0 Å². The summed E-state index contributed by atoms with van der Waals surface area (Å²) in [6.45, 7) is 1.32. The summed E-state index contributed by atoms with van der Waals surface area (Å²) in [6.07, 6.45) is 14.7. The number of nitrogens with one attached hydrogen (secondary N) is 1. The molecular formula is C16H30N2S. The second kappa shape index (κ2) is 7.33. The molecule has 1 aliphatic heterocycles. The van der Waals surface area contributed by atoms with Gasteiger partial charge in [-0.1, -0.05) is 38.5 Å². The lowest BCUT2D eigenvalue weighted by Gasteiger charge is -2.42. The van der Waals surface area contributed by atoms with Gasteiger partial charge >= 0.3 is 0 Å². The number of hydrogen-bond donors (Lipinski definition) is 1. The normalized spacial score (nSPS) is 31.1. The van der Waals surface area contributed by atoms with E-state index < -0.39 is 0 Å². The van der Waals surface area contributed by atoms with Crippen molar-refractivity contribution in [2.75, 3.05) is 18.2 Å². The Labute approximate surface area is 123 Å². The maximum atomic E-state index is 3.69. The Morgan fingerprint density at radius 2 is 1.42 bits per heavy atom. The minimum absolute atomic E-state index is 0.758. The number of nitrogens with zero attached hydrogens (tertiary/aromatic N) is 1. The van der Waals surface area contributed by atoms with Crippen molar-refractivity contribution in [2.24, 2.45) is 0 Å². The van der Waals surface area contributed by atoms with Crippen LogP contribution in [0, 0.1) is 0 Å². The molecule has 2 aliphatic carbocycles. The van der Waals surface area contributed by atoms with E-state index in [4.69, 9.17) is 0 Å². The molecule has 2 saturated carbocycles. The van der Waals surface area contributed by atoms with Crippen molar-refractivity contribution in [1.82, 2.24) is 10.2 Å². The van der Waals surface area contributed by atoms with Gasteiger partial charge in [0.15, 0.2) is 0 Å². The lowest BCUT2D eigenvalue weighted by atomic mass is 9.88. The highest BCUT2D eigenvalue weighted by Crippen LogP contribution is 2.30. The zero-order valence-corrected chi connectivity index (χ0v) is 13.1.